The number of aromatic nitrogens is 2. The Morgan fingerprint density at radius 3 is 2.74 bits per heavy atom. The van der Waals surface area contributed by atoms with Crippen molar-refractivity contribution >= 4 is 46.3 Å². The number of halogens is 2. The third-order valence-corrected chi connectivity index (χ3v) is 5.26. The maximum atomic E-state index is 11.4. The number of carbonyl (C=O) groups excluding carboxylic acids is 1. The molecular formula is C21H17Cl2N5O3. The number of nitrogens with zero attached hydrogens (tertiary/aromatic N) is 2. The molecular weight excluding hydrogens is 441 g/mol. The monoisotopic (exact) mass is 457 g/mol. The number of hydrogen-bond acceptors (Lipinski definition) is 7. The molecule has 0 fully saturated rings. The molecule has 0 aliphatic carbocycles. The topological polar surface area (TPSA) is 123 Å². The van der Waals surface area contributed by atoms with Gasteiger partial charge in [0.05, 0.1) is 15.8 Å². The number of pyridine rings is 2. The Hall–Kier alpha value is -3.36. The third kappa shape index (κ3) is 4.26. The number of nitrogens with two attached hydrogens (primary N) is 1. The van der Waals surface area contributed by atoms with Gasteiger partial charge in [0.2, 0.25) is 0 Å². The molecule has 3 heterocycles. The second-order valence-corrected chi connectivity index (χ2v) is 7.62. The molecule has 1 amide bonds. The molecule has 0 bridgehead atoms. The lowest BCUT2D eigenvalue weighted by Gasteiger charge is -2.19. The molecule has 8 nitrogen and oxygen atoms in total. The summed E-state index contributed by atoms with van der Waals surface area (Å²) in [5.41, 5.74) is 8.20. The Kier molecular flexibility index (Phi) is 5.67. The highest BCUT2D eigenvalue weighted by atomic mass is 35.5. The smallest absolute Gasteiger partial charge is 0.263 e. The van der Waals surface area contributed by atoms with Crippen LogP contribution in [0.3, 0.4) is 0 Å². The fourth-order valence-corrected chi connectivity index (χ4v) is 3.82. The Morgan fingerprint density at radius 1 is 1.26 bits per heavy atom. The van der Waals surface area contributed by atoms with Crippen molar-refractivity contribution in [3.63, 3.8) is 0 Å². The van der Waals surface area contributed by atoms with E-state index in [-0.39, 0.29) is 18.2 Å². The molecule has 2 aromatic heterocycles. The van der Waals surface area contributed by atoms with Gasteiger partial charge in [-0.3, -0.25) is 15.2 Å². The number of rotatable bonds is 5. The van der Waals surface area contributed by atoms with Gasteiger partial charge < -0.3 is 20.5 Å². The maximum absolute atomic E-state index is 11.4. The van der Waals surface area contributed by atoms with Crippen LogP contribution in [0.1, 0.15) is 29.7 Å². The van der Waals surface area contributed by atoms with Gasteiger partial charge in [0.1, 0.15) is 11.9 Å². The normalized spacial score (nSPS) is 13.6. The van der Waals surface area contributed by atoms with Gasteiger partial charge in [0.15, 0.2) is 18.2 Å². The molecule has 158 valence electrons. The van der Waals surface area contributed by atoms with E-state index in [1.165, 1.54) is 18.6 Å². The van der Waals surface area contributed by atoms with Crippen molar-refractivity contribution in [2.45, 2.75) is 13.0 Å². The number of anilines is 2. The van der Waals surface area contributed by atoms with E-state index in [2.05, 4.69) is 15.3 Å². The highest BCUT2D eigenvalue weighted by molar-refractivity contribution is 6.35. The summed E-state index contributed by atoms with van der Waals surface area (Å²) in [4.78, 5) is 19.5. The molecule has 1 atom stereocenters. The van der Waals surface area contributed by atoms with Crippen LogP contribution in [0.5, 0.6) is 11.5 Å². The van der Waals surface area contributed by atoms with E-state index in [1.54, 1.807) is 24.3 Å². The van der Waals surface area contributed by atoms with E-state index in [9.17, 15) is 4.79 Å². The summed E-state index contributed by atoms with van der Waals surface area (Å²) in [5, 5.41) is 12.0. The molecule has 10 heteroatoms. The quantitative estimate of drug-likeness (QED) is 0.388. The highest BCUT2D eigenvalue weighted by Crippen LogP contribution is 2.34. The number of nitrogen functional groups attached to an aromatic ring is 1. The summed E-state index contributed by atoms with van der Waals surface area (Å²) >= 11 is 12.4. The van der Waals surface area contributed by atoms with E-state index in [0.29, 0.717) is 49.7 Å². The van der Waals surface area contributed by atoms with Crippen molar-refractivity contribution in [3.05, 3.63) is 69.6 Å². The first-order chi connectivity index (χ1) is 14.8. The number of fused-ring (bicyclic) bond motifs is 1. The first-order valence-electron chi connectivity index (χ1n) is 9.20. The standard InChI is InChI=1S/C21H17Cl2N5O3/c1-10(19-14(22)7-26-8-15(19)23)31-12-2-3-16(24)13(5-12)20(25)11-4-17-21(27-6-11)28-18(29)9-30-17/h2-8,10,25H,9,24H2,1H3,(H,27,28,29)/t10-/m1/s1. The molecule has 0 spiro atoms. The van der Waals surface area contributed by atoms with Gasteiger partial charge in [-0.15, -0.1) is 0 Å². The molecule has 0 radical (unpaired) electrons. The zero-order chi connectivity index (χ0) is 22.1. The van der Waals surface area contributed by atoms with E-state index >= 15 is 0 Å². The van der Waals surface area contributed by atoms with Crippen LogP contribution in [-0.2, 0) is 4.79 Å². The van der Waals surface area contributed by atoms with Gasteiger partial charge in [0.25, 0.3) is 5.91 Å². The minimum Gasteiger partial charge on any atom is -0.486 e. The van der Waals surface area contributed by atoms with Gasteiger partial charge in [-0.05, 0) is 31.2 Å². The predicted molar refractivity (Wildman–Crippen MR) is 118 cm³/mol. The van der Waals surface area contributed by atoms with Crippen molar-refractivity contribution in [2.75, 3.05) is 17.7 Å². The first kappa shape index (κ1) is 20.9. The Morgan fingerprint density at radius 2 is 2.00 bits per heavy atom. The first-order valence-corrected chi connectivity index (χ1v) is 9.96. The Balaban J connectivity index is 1.61. The molecule has 1 aromatic carbocycles. The molecule has 1 aliphatic rings. The average Bonchev–Trinajstić information content (AvgIpc) is 2.74. The molecule has 31 heavy (non-hydrogen) atoms. The summed E-state index contributed by atoms with van der Waals surface area (Å²) in [5.74, 6) is 0.918. The molecule has 0 saturated carbocycles. The third-order valence-electron chi connectivity index (χ3n) is 4.66. The SMILES string of the molecule is C[C@@H](Oc1ccc(N)c(C(=N)c2cnc3c(c2)OCC(=O)N3)c1)c1c(Cl)cncc1Cl. The van der Waals surface area contributed by atoms with Gasteiger partial charge >= 0.3 is 0 Å². The second-order valence-electron chi connectivity index (χ2n) is 6.81. The molecule has 4 rings (SSSR count). The van der Waals surface area contributed by atoms with Gasteiger partial charge in [0, 0.05) is 41.0 Å². The van der Waals surface area contributed by atoms with Crippen molar-refractivity contribution in [1.29, 1.82) is 5.41 Å². The van der Waals surface area contributed by atoms with Crippen LogP contribution in [0.4, 0.5) is 11.5 Å². The Bertz CT molecular complexity index is 1180. The van der Waals surface area contributed by atoms with Crippen LogP contribution in [0.15, 0.2) is 42.9 Å². The fraction of sp³-hybridized carbons (Fsp3) is 0.143. The lowest BCUT2D eigenvalue weighted by molar-refractivity contribution is -0.118. The second kappa shape index (κ2) is 8.41. The van der Waals surface area contributed by atoms with Crippen molar-refractivity contribution in [3.8, 4) is 11.5 Å². The maximum Gasteiger partial charge on any atom is 0.263 e. The number of hydrogen-bond donors (Lipinski definition) is 3. The van der Waals surface area contributed by atoms with Gasteiger partial charge in [-0.25, -0.2) is 4.98 Å². The molecule has 0 saturated heterocycles. The van der Waals surface area contributed by atoms with Crippen molar-refractivity contribution in [1.82, 2.24) is 9.97 Å². The summed E-state index contributed by atoms with van der Waals surface area (Å²) < 4.78 is 11.4. The molecule has 1 aliphatic heterocycles. The van der Waals surface area contributed by atoms with Crippen LogP contribution < -0.4 is 20.5 Å². The summed E-state index contributed by atoms with van der Waals surface area (Å²) in [6, 6.07) is 6.66. The fourth-order valence-electron chi connectivity index (χ4n) is 3.15. The van der Waals surface area contributed by atoms with Crippen LogP contribution in [0.25, 0.3) is 0 Å². The van der Waals surface area contributed by atoms with E-state index in [0.717, 1.165) is 0 Å². The van der Waals surface area contributed by atoms with Gasteiger partial charge in [-0.2, -0.15) is 0 Å². The number of ether oxygens (including phenoxy) is 2. The molecule has 4 N–H and O–H groups in total. The van der Waals surface area contributed by atoms with Crippen LogP contribution in [0, 0.1) is 5.41 Å². The molecule has 0 unspecified atom stereocenters. The summed E-state index contributed by atoms with van der Waals surface area (Å²) in [6.45, 7) is 1.71. The number of nitrogens with one attached hydrogen (secondary N) is 2. The van der Waals surface area contributed by atoms with E-state index < -0.39 is 6.10 Å². The zero-order valence-corrected chi connectivity index (χ0v) is 17.8. The largest absolute Gasteiger partial charge is 0.486 e. The number of carbonyl (C=O) groups is 1. The van der Waals surface area contributed by atoms with Crippen LogP contribution in [0.2, 0.25) is 10.0 Å². The lowest BCUT2D eigenvalue weighted by atomic mass is 10.0. The van der Waals surface area contributed by atoms with Crippen LogP contribution >= 0.6 is 23.2 Å². The minimum absolute atomic E-state index is 0.102. The summed E-state index contributed by atoms with van der Waals surface area (Å²) in [7, 11) is 0. The van der Waals surface area contributed by atoms with Crippen LogP contribution in [-0.4, -0.2) is 28.2 Å². The van der Waals surface area contributed by atoms with E-state index in [1.807, 2.05) is 6.92 Å². The predicted octanol–water partition coefficient (Wildman–Crippen LogP) is 4.25. The Labute approximate surface area is 187 Å². The highest BCUT2D eigenvalue weighted by Gasteiger charge is 2.20. The van der Waals surface area contributed by atoms with E-state index in [4.69, 9.17) is 43.8 Å². The minimum atomic E-state index is -0.462. The number of benzene rings is 1. The number of amides is 1. The zero-order valence-electron chi connectivity index (χ0n) is 16.3. The van der Waals surface area contributed by atoms with Crippen molar-refractivity contribution in [2.24, 2.45) is 0 Å². The van der Waals surface area contributed by atoms with Crippen molar-refractivity contribution < 1.29 is 14.3 Å². The lowest BCUT2D eigenvalue weighted by Crippen LogP contribution is -2.26. The average molecular weight is 458 g/mol. The van der Waals surface area contributed by atoms with Gasteiger partial charge in [-0.1, -0.05) is 23.2 Å². The molecule has 3 aromatic rings. The summed E-state index contributed by atoms with van der Waals surface area (Å²) in [6.07, 6.45) is 4.01.